The Hall–Kier alpha value is -2.71. The first-order valence-corrected chi connectivity index (χ1v) is 9.59. The van der Waals surface area contributed by atoms with E-state index in [4.69, 9.17) is 0 Å². The Morgan fingerprint density at radius 2 is 2.21 bits per heavy atom. The molecule has 2 saturated heterocycles. The summed E-state index contributed by atoms with van der Waals surface area (Å²) in [6, 6.07) is 6.25. The zero-order valence-corrected chi connectivity index (χ0v) is 15.9. The van der Waals surface area contributed by atoms with Gasteiger partial charge in [-0.3, -0.25) is 9.69 Å². The van der Waals surface area contributed by atoms with Gasteiger partial charge in [-0.2, -0.15) is 5.10 Å². The van der Waals surface area contributed by atoms with Crippen molar-refractivity contribution in [3.63, 3.8) is 0 Å². The van der Waals surface area contributed by atoms with Gasteiger partial charge in [-0.25, -0.2) is 9.50 Å². The van der Waals surface area contributed by atoms with Crippen LogP contribution in [0.2, 0.25) is 0 Å². The van der Waals surface area contributed by atoms with E-state index in [9.17, 15) is 9.90 Å². The van der Waals surface area contributed by atoms with Crippen molar-refractivity contribution >= 4 is 11.4 Å². The molecule has 1 N–H and O–H groups in total. The van der Waals surface area contributed by atoms with E-state index in [1.807, 2.05) is 28.7 Å². The molecule has 1 amide bonds. The topological polar surface area (TPSA) is 78.9 Å². The van der Waals surface area contributed by atoms with Crippen molar-refractivity contribution in [2.75, 3.05) is 32.8 Å². The first-order valence-electron chi connectivity index (χ1n) is 9.59. The summed E-state index contributed by atoms with van der Waals surface area (Å²) >= 11 is 0. The van der Waals surface area contributed by atoms with Crippen LogP contribution in [0.4, 0.5) is 0 Å². The first-order chi connectivity index (χ1) is 13.6. The Balaban J connectivity index is 1.30. The van der Waals surface area contributed by atoms with Crippen molar-refractivity contribution in [1.29, 1.82) is 0 Å². The molecule has 2 aliphatic heterocycles. The standard InChI is InChI=1S/C20H24N6O2/c1-23-14-21-7-18(23)19(28)25-10-16-9-24(11-20(16,12-25)13-27)8-15-3-5-26-17(6-15)2-4-22-26/h2-7,14,16,27H,8-13H2,1H3. The minimum atomic E-state index is -0.241. The zero-order valence-electron chi connectivity index (χ0n) is 15.9. The lowest BCUT2D eigenvalue weighted by molar-refractivity contribution is 0.0710. The van der Waals surface area contributed by atoms with Gasteiger partial charge in [0, 0.05) is 57.6 Å². The summed E-state index contributed by atoms with van der Waals surface area (Å²) in [7, 11) is 1.83. The number of carbonyl (C=O) groups excluding carboxylic acids is 1. The van der Waals surface area contributed by atoms with E-state index in [1.165, 1.54) is 5.56 Å². The summed E-state index contributed by atoms with van der Waals surface area (Å²) in [6.45, 7) is 3.91. The minimum absolute atomic E-state index is 0.0000378. The lowest BCUT2D eigenvalue weighted by Crippen LogP contribution is -2.39. The van der Waals surface area contributed by atoms with Crippen LogP contribution < -0.4 is 0 Å². The third kappa shape index (κ3) is 2.71. The number of nitrogens with zero attached hydrogens (tertiary/aromatic N) is 6. The molecule has 5 rings (SSSR count). The van der Waals surface area contributed by atoms with Crippen LogP contribution in [-0.4, -0.2) is 72.8 Å². The number of likely N-dealkylation sites (tertiary alicyclic amines) is 2. The van der Waals surface area contributed by atoms with Crippen LogP contribution in [-0.2, 0) is 13.6 Å². The molecule has 3 aromatic rings. The Bertz CT molecular complexity index is 1030. The van der Waals surface area contributed by atoms with E-state index in [0.717, 1.165) is 25.2 Å². The van der Waals surface area contributed by atoms with Crippen molar-refractivity contribution < 1.29 is 9.90 Å². The molecule has 2 fully saturated rings. The highest BCUT2D eigenvalue weighted by molar-refractivity contribution is 5.92. The van der Waals surface area contributed by atoms with Gasteiger partial charge in [-0.15, -0.1) is 0 Å². The van der Waals surface area contributed by atoms with Gasteiger partial charge >= 0.3 is 0 Å². The van der Waals surface area contributed by atoms with E-state index in [-0.39, 0.29) is 23.8 Å². The van der Waals surface area contributed by atoms with Crippen LogP contribution in [0.1, 0.15) is 16.1 Å². The van der Waals surface area contributed by atoms with Crippen molar-refractivity contribution in [3.8, 4) is 0 Å². The Morgan fingerprint density at radius 3 is 2.96 bits per heavy atom. The molecule has 3 aromatic heterocycles. The molecule has 0 spiro atoms. The van der Waals surface area contributed by atoms with Crippen LogP contribution >= 0.6 is 0 Å². The summed E-state index contributed by atoms with van der Waals surface area (Å²) in [5.74, 6) is 0.285. The highest BCUT2D eigenvalue weighted by Crippen LogP contribution is 2.43. The number of carbonyl (C=O) groups is 1. The van der Waals surface area contributed by atoms with Crippen LogP contribution in [0.5, 0.6) is 0 Å². The maximum absolute atomic E-state index is 12.9. The zero-order chi connectivity index (χ0) is 19.3. The Kier molecular flexibility index (Phi) is 3.99. The summed E-state index contributed by atoms with van der Waals surface area (Å²) < 4.78 is 3.61. The van der Waals surface area contributed by atoms with Crippen LogP contribution in [0.15, 0.2) is 43.1 Å². The Labute approximate surface area is 163 Å². The normalized spacial score (nSPS) is 24.9. The molecule has 0 saturated carbocycles. The number of aryl methyl sites for hydroxylation is 1. The molecule has 0 bridgehead atoms. The molecule has 2 atom stereocenters. The largest absolute Gasteiger partial charge is 0.396 e. The third-order valence-corrected chi connectivity index (χ3v) is 6.34. The van der Waals surface area contributed by atoms with Crippen molar-refractivity contribution in [2.24, 2.45) is 18.4 Å². The second-order valence-electron chi connectivity index (χ2n) is 8.20. The molecule has 0 aliphatic carbocycles. The monoisotopic (exact) mass is 380 g/mol. The summed E-state index contributed by atoms with van der Waals surface area (Å²) in [6.07, 6.45) is 7.04. The molecule has 5 heterocycles. The summed E-state index contributed by atoms with van der Waals surface area (Å²) in [5.41, 5.74) is 2.68. The van der Waals surface area contributed by atoms with Crippen molar-refractivity contribution in [3.05, 3.63) is 54.4 Å². The van der Waals surface area contributed by atoms with Gasteiger partial charge in [-0.1, -0.05) is 0 Å². The molecule has 8 heteroatoms. The van der Waals surface area contributed by atoms with Crippen LogP contribution in [0.25, 0.3) is 5.52 Å². The number of pyridine rings is 1. The number of aromatic nitrogens is 4. The fourth-order valence-corrected chi connectivity index (χ4v) is 4.84. The van der Waals surface area contributed by atoms with Gasteiger partial charge in [0.15, 0.2) is 0 Å². The average Bonchev–Trinajstić information content (AvgIpc) is 3.43. The lowest BCUT2D eigenvalue weighted by Gasteiger charge is -2.27. The number of fused-ring (bicyclic) bond motifs is 2. The first kappa shape index (κ1) is 17.4. The van der Waals surface area contributed by atoms with Crippen LogP contribution in [0.3, 0.4) is 0 Å². The van der Waals surface area contributed by atoms with E-state index in [0.29, 0.717) is 18.8 Å². The Morgan fingerprint density at radius 1 is 1.32 bits per heavy atom. The predicted octanol–water partition coefficient (Wildman–Crippen LogP) is 0.634. The SMILES string of the molecule is Cn1cncc1C(=O)N1CC2CN(Cc3ccn4nccc4c3)CC2(CO)C1. The lowest BCUT2D eigenvalue weighted by atomic mass is 9.82. The van der Waals surface area contributed by atoms with E-state index >= 15 is 0 Å². The highest BCUT2D eigenvalue weighted by atomic mass is 16.3. The smallest absolute Gasteiger partial charge is 0.272 e. The van der Waals surface area contributed by atoms with E-state index in [2.05, 4.69) is 27.1 Å². The maximum Gasteiger partial charge on any atom is 0.272 e. The molecule has 8 nitrogen and oxygen atoms in total. The third-order valence-electron chi connectivity index (χ3n) is 6.34. The van der Waals surface area contributed by atoms with E-state index in [1.54, 1.807) is 23.3 Å². The van der Waals surface area contributed by atoms with Gasteiger partial charge in [0.05, 0.1) is 24.6 Å². The fraction of sp³-hybridized carbons (Fsp3) is 0.450. The van der Waals surface area contributed by atoms with Gasteiger partial charge in [-0.05, 0) is 29.7 Å². The highest BCUT2D eigenvalue weighted by Gasteiger charge is 2.53. The molecule has 146 valence electrons. The second-order valence-corrected chi connectivity index (χ2v) is 8.20. The minimum Gasteiger partial charge on any atom is -0.396 e. The number of amides is 1. The summed E-state index contributed by atoms with van der Waals surface area (Å²) in [5, 5.41) is 14.5. The number of hydrogen-bond acceptors (Lipinski definition) is 5. The fourth-order valence-electron chi connectivity index (χ4n) is 4.84. The summed E-state index contributed by atoms with van der Waals surface area (Å²) in [4.78, 5) is 21.2. The van der Waals surface area contributed by atoms with Gasteiger partial charge < -0.3 is 14.6 Å². The molecule has 0 radical (unpaired) electrons. The number of aliphatic hydroxyl groups is 1. The number of imidazole rings is 1. The number of aliphatic hydroxyl groups excluding tert-OH is 1. The molecule has 2 aliphatic rings. The number of rotatable bonds is 4. The van der Waals surface area contributed by atoms with Crippen LogP contribution in [0, 0.1) is 11.3 Å². The van der Waals surface area contributed by atoms with Crippen molar-refractivity contribution in [2.45, 2.75) is 6.54 Å². The average molecular weight is 380 g/mol. The molecule has 28 heavy (non-hydrogen) atoms. The predicted molar refractivity (Wildman–Crippen MR) is 103 cm³/mol. The van der Waals surface area contributed by atoms with E-state index < -0.39 is 0 Å². The van der Waals surface area contributed by atoms with Gasteiger partial charge in [0.1, 0.15) is 5.69 Å². The molecular weight excluding hydrogens is 356 g/mol. The second kappa shape index (κ2) is 6.42. The molecule has 2 unspecified atom stereocenters. The van der Waals surface area contributed by atoms with Gasteiger partial charge in [0.2, 0.25) is 0 Å². The quantitative estimate of drug-likeness (QED) is 0.718. The van der Waals surface area contributed by atoms with Crippen molar-refractivity contribution in [1.82, 2.24) is 29.0 Å². The maximum atomic E-state index is 12.9. The molecule has 0 aromatic carbocycles. The molecular formula is C20H24N6O2. The van der Waals surface area contributed by atoms with Gasteiger partial charge in [0.25, 0.3) is 5.91 Å². The number of hydrogen-bond donors (Lipinski definition) is 1.